The fraction of sp³-hybridized carbons (Fsp3) is 0.739. The maximum Gasteiger partial charge on any atom is 0.335 e. The third-order valence-corrected chi connectivity index (χ3v) is 14.5. The topological polar surface area (TPSA) is 175 Å². The lowest BCUT2D eigenvalue weighted by Gasteiger charge is -2.40. The molecule has 12 nitrogen and oxygen atoms in total. The summed E-state index contributed by atoms with van der Waals surface area (Å²) in [6.07, 6.45) is 61.2. The summed E-state index contributed by atoms with van der Waals surface area (Å²) >= 11 is 0. The predicted octanol–water partition coefficient (Wildman–Crippen LogP) is 17.5. The number of carbonyl (C=O) groups excluding carboxylic acids is 3. The molecule has 0 saturated carbocycles. The van der Waals surface area contributed by atoms with Crippen molar-refractivity contribution in [1.82, 2.24) is 0 Å². The van der Waals surface area contributed by atoms with E-state index in [-0.39, 0.29) is 25.9 Å². The van der Waals surface area contributed by atoms with Crippen molar-refractivity contribution in [3.05, 3.63) is 85.1 Å². The molecule has 6 unspecified atom stereocenters. The quantitative estimate of drug-likeness (QED) is 0.0228. The van der Waals surface area contributed by atoms with E-state index in [2.05, 4.69) is 106 Å². The molecule has 0 amide bonds. The van der Waals surface area contributed by atoms with Crippen LogP contribution in [0.3, 0.4) is 0 Å². The van der Waals surface area contributed by atoms with E-state index in [1.54, 1.807) is 0 Å². The van der Waals surface area contributed by atoms with E-state index in [1.165, 1.54) is 96.3 Å². The average molecular weight is 1140 g/mol. The molecule has 1 heterocycles. The number of allylic oxidation sites excluding steroid dienone is 14. The molecule has 1 saturated heterocycles. The number of hydrogen-bond acceptors (Lipinski definition) is 11. The zero-order chi connectivity index (χ0) is 58.9. The van der Waals surface area contributed by atoms with Gasteiger partial charge in [0.15, 0.2) is 24.6 Å². The Bertz CT molecular complexity index is 1730. The molecule has 3 N–H and O–H groups in total. The monoisotopic (exact) mass is 1140 g/mol. The van der Waals surface area contributed by atoms with Crippen LogP contribution in [-0.4, -0.2) is 89.2 Å². The Morgan fingerprint density at radius 2 is 0.778 bits per heavy atom. The highest BCUT2D eigenvalue weighted by atomic mass is 16.7. The van der Waals surface area contributed by atoms with E-state index < -0.39 is 67.3 Å². The molecule has 1 fully saturated rings. The first-order chi connectivity index (χ1) is 39.6. The highest BCUT2D eigenvalue weighted by Gasteiger charge is 2.50. The van der Waals surface area contributed by atoms with Crippen molar-refractivity contribution in [2.24, 2.45) is 0 Å². The Balaban J connectivity index is 2.65. The number of rotatable bonds is 55. The lowest BCUT2D eigenvalue weighted by molar-refractivity contribution is -0.301. The molecule has 0 aromatic heterocycles. The van der Waals surface area contributed by atoms with E-state index in [0.29, 0.717) is 19.3 Å². The van der Waals surface area contributed by atoms with Gasteiger partial charge in [-0.15, -0.1) is 0 Å². The van der Waals surface area contributed by atoms with Gasteiger partial charge in [-0.2, -0.15) is 0 Å². The maximum atomic E-state index is 13.2. The standard InChI is InChI=1S/C69H116O12/c1-4-7-10-13-16-19-22-25-27-29-31-33-35-38-40-43-46-49-52-55-61(70)77-58-60(79-62(71)56-53-50-47-44-41-37-24-21-18-15-12-9-6-3)59-78-69-67(65(74)64(73)66(81-69)68(75)76)80-63(72)57-54-51-48-45-42-39-36-34-32-30-28-26-23-20-17-14-11-8-5-2/h8-9,11-12,17-18,20-21,26,28,32,34,37,41,60,64-67,69,73-74H,4-7,10,13-16,19,22-25,27,29-31,33,35-36,38-40,42-59H2,1-3H3,(H,75,76)/b11-8-,12-9-,20-17-,21-18-,28-26-,34-32-,41-37-. The van der Waals surface area contributed by atoms with E-state index >= 15 is 0 Å². The minimum atomic E-state index is -1.92. The summed E-state index contributed by atoms with van der Waals surface area (Å²) in [7, 11) is 0. The van der Waals surface area contributed by atoms with Crippen molar-refractivity contribution < 1.29 is 58.2 Å². The van der Waals surface area contributed by atoms with Gasteiger partial charge in [0.1, 0.15) is 18.8 Å². The molecular formula is C69H116O12. The third-order valence-electron chi connectivity index (χ3n) is 14.5. The smallest absolute Gasteiger partial charge is 0.335 e. The molecule has 0 bridgehead atoms. The van der Waals surface area contributed by atoms with Crippen LogP contribution in [0.1, 0.15) is 278 Å². The summed E-state index contributed by atoms with van der Waals surface area (Å²) in [5.74, 6) is -3.17. The molecule has 1 aliphatic heterocycles. The first-order valence-electron chi connectivity index (χ1n) is 32.6. The summed E-state index contributed by atoms with van der Waals surface area (Å²) in [6, 6.07) is 0. The van der Waals surface area contributed by atoms with Gasteiger partial charge in [0.2, 0.25) is 0 Å². The summed E-state index contributed by atoms with van der Waals surface area (Å²) in [4.78, 5) is 51.3. The Hall–Kier alpha value is -4.10. The number of aliphatic carboxylic acids is 1. The highest BCUT2D eigenvalue weighted by Crippen LogP contribution is 2.27. The van der Waals surface area contributed by atoms with Crippen LogP contribution in [0.4, 0.5) is 0 Å². The normalized spacial score (nSPS) is 18.3. The van der Waals surface area contributed by atoms with Gasteiger partial charge >= 0.3 is 23.9 Å². The second kappa shape index (κ2) is 56.4. The molecule has 0 aromatic rings. The molecule has 0 spiro atoms. The number of ether oxygens (including phenoxy) is 5. The van der Waals surface area contributed by atoms with Crippen LogP contribution in [0.2, 0.25) is 0 Å². The summed E-state index contributed by atoms with van der Waals surface area (Å²) < 4.78 is 28.5. The van der Waals surface area contributed by atoms with Gasteiger partial charge in [0, 0.05) is 19.3 Å². The average Bonchev–Trinajstić information content (AvgIpc) is 3.54. The van der Waals surface area contributed by atoms with Gasteiger partial charge in [0.05, 0.1) is 6.61 Å². The Morgan fingerprint density at radius 1 is 0.420 bits per heavy atom. The fourth-order valence-electron chi connectivity index (χ4n) is 9.55. The van der Waals surface area contributed by atoms with Gasteiger partial charge in [0.25, 0.3) is 0 Å². The molecule has 0 radical (unpaired) electrons. The minimum absolute atomic E-state index is 0.0386. The lowest BCUT2D eigenvalue weighted by atomic mass is 9.98. The molecule has 464 valence electrons. The molecule has 0 aromatic carbocycles. The number of carbonyl (C=O) groups is 4. The number of carboxylic acids is 1. The second-order valence-electron chi connectivity index (χ2n) is 22.0. The summed E-state index contributed by atoms with van der Waals surface area (Å²) in [5, 5.41) is 31.6. The van der Waals surface area contributed by atoms with Crippen LogP contribution in [0.5, 0.6) is 0 Å². The number of aliphatic hydroxyl groups excluding tert-OH is 2. The van der Waals surface area contributed by atoms with Gasteiger partial charge in [-0.25, -0.2) is 4.79 Å². The number of hydrogen-bond donors (Lipinski definition) is 3. The first-order valence-corrected chi connectivity index (χ1v) is 32.6. The molecule has 12 heteroatoms. The molecule has 1 rings (SSSR count). The van der Waals surface area contributed by atoms with Crippen molar-refractivity contribution in [2.45, 2.75) is 314 Å². The number of esters is 3. The van der Waals surface area contributed by atoms with Crippen LogP contribution >= 0.6 is 0 Å². The van der Waals surface area contributed by atoms with Crippen LogP contribution in [0, 0.1) is 0 Å². The Morgan fingerprint density at radius 3 is 1.20 bits per heavy atom. The summed E-state index contributed by atoms with van der Waals surface area (Å²) in [6.45, 7) is 5.77. The van der Waals surface area contributed by atoms with E-state index in [9.17, 15) is 34.5 Å². The van der Waals surface area contributed by atoms with E-state index in [4.69, 9.17) is 23.7 Å². The largest absolute Gasteiger partial charge is 0.479 e. The van der Waals surface area contributed by atoms with Crippen LogP contribution in [0.15, 0.2) is 85.1 Å². The SMILES string of the molecule is CC/C=C\C/C=C\C/C=C\C/C=C\CCCCCCCCC(=O)OC1C(OCC(COC(=O)CCCCCCCCCCCCCCCCCCCCC)OC(=O)CCCCC/C=C\C/C=C\C/C=C\CC)OC(C(=O)O)C(O)C1O. The van der Waals surface area contributed by atoms with Crippen molar-refractivity contribution in [3.8, 4) is 0 Å². The second-order valence-corrected chi connectivity index (χ2v) is 22.0. The van der Waals surface area contributed by atoms with Crippen molar-refractivity contribution in [1.29, 1.82) is 0 Å². The molecular weight excluding hydrogens is 1020 g/mol. The van der Waals surface area contributed by atoms with E-state index in [0.717, 1.165) is 122 Å². The minimum Gasteiger partial charge on any atom is -0.479 e. The zero-order valence-corrected chi connectivity index (χ0v) is 51.3. The van der Waals surface area contributed by atoms with Crippen LogP contribution in [-0.2, 0) is 42.9 Å². The van der Waals surface area contributed by atoms with Gasteiger partial charge < -0.3 is 39.0 Å². The van der Waals surface area contributed by atoms with Crippen molar-refractivity contribution >= 4 is 23.9 Å². The van der Waals surface area contributed by atoms with E-state index in [1.807, 2.05) is 0 Å². The highest BCUT2D eigenvalue weighted by molar-refractivity contribution is 5.74. The maximum absolute atomic E-state index is 13.2. The number of carboxylic acid groups (broad SMARTS) is 1. The van der Waals surface area contributed by atoms with Gasteiger partial charge in [-0.3, -0.25) is 14.4 Å². The van der Waals surface area contributed by atoms with Crippen molar-refractivity contribution in [3.63, 3.8) is 0 Å². The summed E-state index contributed by atoms with van der Waals surface area (Å²) in [5.41, 5.74) is 0. The molecule has 0 aliphatic carbocycles. The first kappa shape index (κ1) is 74.9. The predicted molar refractivity (Wildman–Crippen MR) is 331 cm³/mol. The van der Waals surface area contributed by atoms with Crippen LogP contribution in [0.25, 0.3) is 0 Å². The molecule has 81 heavy (non-hydrogen) atoms. The molecule has 1 aliphatic rings. The molecule has 6 atom stereocenters. The number of aliphatic hydroxyl groups is 2. The third kappa shape index (κ3) is 46.0. The Labute approximate surface area is 492 Å². The number of unbranched alkanes of at least 4 members (excludes halogenated alkanes) is 27. The Kier molecular flexibility index (Phi) is 52.1. The van der Waals surface area contributed by atoms with Gasteiger partial charge in [-0.05, 0) is 89.9 Å². The van der Waals surface area contributed by atoms with Crippen LogP contribution < -0.4 is 0 Å². The van der Waals surface area contributed by atoms with Gasteiger partial charge in [-0.1, -0.05) is 254 Å². The zero-order valence-electron chi connectivity index (χ0n) is 51.3. The lowest BCUT2D eigenvalue weighted by Crippen LogP contribution is -2.61. The fourth-order valence-corrected chi connectivity index (χ4v) is 9.55. The van der Waals surface area contributed by atoms with Crippen molar-refractivity contribution in [2.75, 3.05) is 13.2 Å².